The summed E-state index contributed by atoms with van der Waals surface area (Å²) in [5.41, 5.74) is 3.71. The van der Waals surface area contributed by atoms with Crippen LogP contribution in [-0.4, -0.2) is 39.3 Å². The predicted octanol–water partition coefficient (Wildman–Crippen LogP) is 5.62. The number of rotatable bonds is 3. The highest BCUT2D eigenvalue weighted by atomic mass is 79.9. The number of halogens is 3. The average Bonchev–Trinajstić information content (AvgIpc) is 2.92. The zero-order valence-electron chi connectivity index (χ0n) is 16.6. The molecule has 3 heterocycles. The normalized spacial score (nSPS) is 15.5. The van der Waals surface area contributed by atoms with E-state index in [0.717, 1.165) is 64.2 Å². The van der Waals surface area contributed by atoms with E-state index in [9.17, 15) is 5.11 Å². The Kier molecular flexibility index (Phi) is 5.81. The molecule has 0 saturated carbocycles. The second kappa shape index (κ2) is 8.06. The molecule has 8 heteroatoms. The van der Waals surface area contributed by atoms with Crippen LogP contribution in [0, 0.1) is 26.7 Å². The number of hydrogen-bond acceptors (Lipinski definition) is 4. The van der Waals surface area contributed by atoms with E-state index in [1.54, 1.807) is 0 Å². The molecular formula is C21H23BrCl2N4O. The summed E-state index contributed by atoms with van der Waals surface area (Å²) in [5, 5.41) is 11.6. The molecule has 0 aliphatic carbocycles. The molecule has 4 rings (SSSR count). The summed E-state index contributed by atoms with van der Waals surface area (Å²) >= 11 is 16.6. The molecule has 0 unspecified atom stereocenters. The highest BCUT2D eigenvalue weighted by molar-refractivity contribution is 9.10. The molecule has 1 aliphatic heterocycles. The van der Waals surface area contributed by atoms with Crippen LogP contribution < -0.4 is 4.90 Å². The summed E-state index contributed by atoms with van der Waals surface area (Å²) in [6, 6.07) is 3.69. The van der Waals surface area contributed by atoms with Crippen molar-refractivity contribution in [2.24, 2.45) is 5.92 Å². The number of hydrogen-bond donors (Lipinski definition) is 1. The van der Waals surface area contributed by atoms with Gasteiger partial charge < -0.3 is 10.0 Å². The van der Waals surface area contributed by atoms with Crippen molar-refractivity contribution in [2.45, 2.75) is 33.6 Å². The average molecular weight is 498 g/mol. The van der Waals surface area contributed by atoms with Crippen LogP contribution >= 0.6 is 39.1 Å². The van der Waals surface area contributed by atoms with Crippen LogP contribution in [0.1, 0.15) is 29.9 Å². The highest BCUT2D eigenvalue weighted by Gasteiger charge is 2.26. The molecule has 1 aromatic carbocycles. The number of aliphatic hydroxyl groups excluding tert-OH is 1. The minimum absolute atomic E-state index is 0.251. The van der Waals surface area contributed by atoms with Gasteiger partial charge in [-0.3, -0.25) is 4.57 Å². The van der Waals surface area contributed by atoms with E-state index < -0.39 is 0 Å². The first kappa shape index (κ1) is 20.9. The van der Waals surface area contributed by atoms with Crippen LogP contribution in [0.25, 0.3) is 16.7 Å². The van der Waals surface area contributed by atoms with Gasteiger partial charge >= 0.3 is 0 Å². The third kappa shape index (κ3) is 3.65. The Balaban J connectivity index is 1.94. The maximum absolute atomic E-state index is 9.47. The lowest BCUT2D eigenvalue weighted by Crippen LogP contribution is -2.35. The molecule has 1 saturated heterocycles. The van der Waals surface area contributed by atoms with Gasteiger partial charge in [-0.25, -0.2) is 9.97 Å². The first-order valence-corrected chi connectivity index (χ1v) is 11.2. The molecule has 0 spiro atoms. The van der Waals surface area contributed by atoms with Gasteiger partial charge in [0.2, 0.25) is 0 Å². The standard InChI is InChI=1S/C21H23BrCl2N4O/c1-11-12(2)28(19-16(23)8-15(22)9-17(19)24)21-18(11)20(25-13(3)26-21)27-6-4-14(10-29)5-7-27/h8-9,14,29H,4-7,10H2,1-3H3. The lowest BCUT2D eigenvalue weighted by atomic mass is 9.97. The van der Waals surface area contributed by atoms with Crippen LogP contribution in [0.5, 0.6) is 0 Å². The van der Waals surface area contributed by atoms with E-state index in [0.29, 0.717) is 21.8 Å². The lowest BCUT2D eigenvalue weighted by Gasteiger charge is -2.32. The van der Waals surface area contributed by atoms with E-state index in [-0.39, 0.29) is 6.61 Å². The zero-order chi connectivity index (χ0) is 20.9. The maximum atomic E-state index is 9.47. The highest BCUT2D eigenvalue weighted by Crippen LogP contribution is 2.39. The van der Waals surface area contributed by atoms with Crippen LogP contribution in [0.2, 0.25) is 10.0 Å². The monoisotopic (exact) mass is 496 g/mol. The smallest absolute Gasteiger partial charge is 0.150 e. The maximum Gasteiger partial charge on any atom is 0.150 e. The van der Waals surface area contributed by atoms with Crippen LogP contribution in [0.15, 0.2) is 16.6 Å². The van der Waals surface area contributed by atoms with Crippen LogP contribution in [0.3, 0.4) is 0 Å². The largest absolute Gasteiger partial charge is 0.396 e. The molecule has 154 valence electrons. The molecule has 2 aromatic heterocycles. The van der Waals surface area contributed by atoms with E-state index in [4.69, 9.17) is 33.2 Å². The first-order chi connectivity index (χ1) is 13.8. The van der Waals surface area contributed by atoms with E-state index in [2.05, 4.69) is 34.7 Å². The summed E-state index contributed by atoms with van der Waals surface area (Å²) in [5.74, 6) is 2.03. The van der Waals surface area contributed by atoms with Crippen LogP contribution in [-0.2, 0) is 0 Å². The second-order valence-corrected chi connectivity index (χ2v) is 9.40. The van der Waals surface area contributed by atoms with Crippen molar-refractivity contribution >= 4 is 56.0 Å². The number of aliphatic hydroxyl groups is 1. The Morgan fingerprint density at radius 2 is 1.72 bits per heavy atom. The number of fused-ring (bicyclic) bond motifs is 1. The number of piperidine rings is 1. The number of aromatic nitrogens is 3. The fourth-order valence-electron chi connectivity index (χ4n) is 4.13. The fourth-order valence-corrected chi connectivity index (χ4v) is 5.50. The van der Waals surface area contributed by atoms with Crippen molar-refractivity contribution in [3.63, 3.8) is 0 Å². The minimum atomic E-state index is 0.251. The van der Waals surface area contributed by atoms with Gasteiger partial charge in [0.25, 0.3) is 0 Å². The Labute approximate surface area is 188 Å². The molecule has 0 amide bonds. The third-order valence-corrected chi connectivity index (χ3v) is 6.86. The summed E-state index contributed by atoms with van der Waals surface area (Å²) in [6.45, 7) is 8.07. The Hall–Kier alpha value is -1.34. The van der Waals surface area contributed by atoms with Crippen molar-refractivity contribution < 1.29 is 5.11 Å². The van der Waals surface area contributed by atoms with Gasteiger partial charge in [-0.05, 0) is 57.2 Å². The molecule has 0 bridgehead atoms. The SMILES string of the molecule is Cc1nc(N2CCC(CO)CC2)c2c(C)c(C)n(-c3c(Cl)cc(Br)cc3Cl)c2n1. The molecular weight excluding hydrogens is 475 g/mol. The molecule has 1 aliphatic rings. The quantitative estimate of drug-likeness (QED) is 0.509. The van der Waals surface area contributed by atoms with Gasteiger partial charge in [0, 0.05) is 29.9 Å². The van der Waals surface area contributed by atoms with Gasteiger partial charge in [0.15, 0.2) is 5.65 Å². The Morgan fingerprint density at radius 1 is 1.10 bits per heavy atom. The molecule has 5 nitrogen and oxygen atoms in total. The summed E-state index contributed by atoms with van der Waals surface area (Å²) < 4.78 is 2.88. The van der Waals surface area contributed by atoms with Gasteiger partial charge in [0.1, 0.15) is 11.6 Å². The van der Waals surface area contributed by atoms with Gasteiger partial charge in [-0.2, -0.15) is 0 Å². The minimum Gasteiger partial charge on any atom is -0.396 e. The molecule has 0 atom stereocenters. The molecule has 0 radical (unpaired) electrons. The molecule has 1 fully saturated rings. The van der Waals surface area contributed by atoms with Gasteiger partial charge in [0.05, 0.1) is 21.1 Å². The topological polar surface area (TPSA) is 54.2 Å². The zero-order valence-corrected chi connectivity index (χ0v) is 19.7. The summed E-state index contributed by atoms with van der Waals surface area (Å²) in [7, 11) is 0. The molecule has 3 aromatic rings. The van der Waals surface area contributed by atoms with Crippen molar-refractivity contribution in [3.05, 3.63) is 43.7 Å². The Morgan fingerprint density at radius 3 is 2.31 bits per heavy atom. The van der Waals surface area contributed by atoms with Crippen molar-refractivity contribution in [1.29, 1.82) is 0 Å². The van der Waals surface area contributed by atoms with E-state index >= 15 is 0 Å². The number of benzene rings is 1. The number of nitrogens with zero attached hydrogens (tertiary/aromatic N) is 4. The van der Waals surface area contributed by atoms with E-state index in [1.807, 2.05) is 23.6 Å². The fraction of sp³-hybridized carbons (Fsp3) is 0.429. The second-order valence-electron chi connectivity index (χ2n) is 7.67. The number of aryl methyl sites for hydroxylation is 2. The van der Waals surface area contributed by atoms with Crippen LogP contribution in [0.4, 0.5) is 5.82 Å². The van der Waals surface area contributed by atoms with E-state index in [1.165, 1.54) is 0 Å². The summed E-state index contributed by atoms with van der Waals surface area (Å²) in [6.07, 6.45) is 1.92. The molecule has 1 N–H and O–H groups in total. The van der Waals surface area contributed by atoms with Gasteiger partial charge in [-0.1, -0.05) is 39.1 Å². The van der Waals surface area contributed by atoms with Crippen molar-refractivity contribution in [2.75, 3.05) is 24.6 Å². The number of anilines is 1. The third-order valence-electron chi connectivity index (χ3n) is 5.83. The Bertz CT molecular complexity index is 1070. The van der Waals surface area contributed by atoms with Crippen molar-refractivity contribution in [3.8, 4) is 5.69 Å². The lowest BCUT2D eigenvalue weighted by molar-refractivity contribution is 0.203. The summed E-state index contributed by atoms with van der Waals surface area (Å²) in [4.78, 5) is 11.9. The predicted molar refractivity (Wildman–Crippen MR) is 123 cm³/mol. The van der Waals surface area contributed by atoms with Crippen molar-refractivity contribution in [1.82, 2.24) is 14.5 Å². The van der Waals surface area contributed by atoms with Gasteiger partial charge in [-0.15, -0.1) is 0 Å². The molecule has 29 heavy (non-hydrogen) atoms. The first-order valence-electron chi connectivity index (χ1n) is 9.68.